The Hall–Kier alpha value is -2.01. The van der Waals surface area contributed by atoms with Crippen LogP contribution in [0.5, 0.6) is 0 Å². The number of carbonyl (C=O) groups excluding carboxylic acids is 2. The number of rotatable bonds is 4. The molecule has 0 spiro atoms. The van der Waals surface area contributed by atoms with Gasteiger partial charge in [0.25, 0.3) is 0 Å². The van der Waals surface area contributed by atoms with Gasteiger partial charge in [0, 0.05) is 6.92 Å². The van der Waals surface area contributed by atoms with E-state index in [0.29, 0.717) is 22.1 Å². The molecule has 0 unspecified atom stereocenters. The van der Waals surface area contributed by atoms with E-state index in [2.05, 4.69) is 16.4 Å². The van der Waals surface area contributed by atoms with Gasteiger partial charge in [-0.25, -0.2) is 4.98 Å². The molecule has 5 heteroatoms. The first-order valence-corrected chi connectivity index (χ1v) is 7.53. The van der Waals surface area contributed by atoms with Crippen LogP contribution >= 0.6 is 11.3 Å². The van der Waals surface area contributed by atoms with Crippen molar-refractivity contribution in [3.63, 3.8) is 0 Å². The molecule has 0 saturated carbocycles. The molecule has 2 aromatic rings. The van der Waals surface area contributed by atoms with Gasteiger partial charge < -0.3 is 5.32 Å². The summed E-state index contributed by atoms with van der Waals surface area (Å²) >= 11 is 1.22. The molecule has 0 aliphatic rings. The van der Waals surface area contributed by atoms with E-state index in [4.69, 9.17) is 0 Å². The lowest BCUT2D eigenvalue weighted by molar-refractivity contribution is -0.115. The topological polar surface area (TPSA) is 59.1 Å². The minimum atomic E-state index is -0.120. The first-order valence-electron chi connectivity index (χ1n) is 6.71. The predicted molar refractivity (Wildman–Crippen MR) is 85.1 cm³/mol. The van der Waals surface area contributed by atoms with Gasteiger partial charge in [-0.15, -0.1) is 0 Å². The fourth-order valence-electron chi connectivity index (χ4n) is 2.16. The summed E-state index contributed by atoms with van der Waals surface area (Å²) in [6, 6.07) is 6.03. The fourth-order valence-corrected chi connectivity index (χ4v) is 3.03. The standard InChI is InChI=1S/C16H18N2O2S/c1-9-5-6-13(10(2)7-9)8-14(20)18-16-17-11(3)15(21-16)12(4)19/h5-7H,8H2,1-4H3,(H,17,18,20). The van der Waals surface area contributed by atoms with Gasteiger partial charge in [-0.1, -0.05) is 35.1 Å². The number of amides is 1. The molecule has 0 bridgehead atoms. The zero-order valence-corrected chi connectivity index (χ0v) is 13.4. The number of ketones is 1. The summed E-state index contributed by atoms with van der Waals surface area (Å²) < 4.78 is 0. The van der Waals surface area contributed by atoms with Crippen LogP contribution in [0.1, 0.15) is 39.0 Å². The van der Waals surface area contributed by atoms with Crippen molar-refractivity contribution >= 4 is 28.2 Å². The number of nitrogens with zero attached hydrogens (tertiary/aromatic N) is 1. The van der Waals surface area contributed by atoms with Crippen LogP contribution in [0.4, 0.5) is 5.13 Å². The van der Waals surface area contributed by atoms with Crippen molar-refractivity contribution in [1.29, 1.82) is 0 Å². The summed E-state index contributed by atoms with van der Waals surface area (Å²) in [5.41, 5.74) is 3.94. The molecular formula is C16H18N2O2S. The third-order valence-electron chi connectivity index (χ3n) is 3.21. The molecule has 0 aliphatic carbocycles. The summed E-state index contributed by atoms with van der Waals surface area (Å²) in [4.78, 5) is 28.3. The summed E-state index contributed by atoms with van der Waals surface area (Å²) in [6.45, 7) is 7.30. The molecular weight excluding hydrogens is 284 g/mol. The molecule has 4 nitrogen and oxygen atoms in total. The van der Waals surface area contributed by atoms with Crippen LogP contribution in [0.25, 0.3) is 0 Å². The largest absolute Gasteiger partial charge is 0.302 e. The SMILES string of the molecule is CC(=O)c1sc(NC(=O)Cc2ccc(C)cc2C)nc1C. The third-order valence-corrected chi connectivity index (χ3v) is 4.39. The molecule has 0 fully saturated rings. The number of benzene rings is 1. The van der Waals surface area contributed by atoms with Crippen molar-refractivity contribution in [3.05, 3.63) is 45.5 Å². The lowest BCUT2D eigenvalue weighted by atomic mass is 10.0. The van der Waals surface area contributed by atoms with Crippen LogP contribution in [0.2, 0.25) is 0 Å². The molecule has 2 rings (SSSR count). The monoisotopic (exact) mass is 302 g/mol. The van der Waals surface area contributed by atoms with Crippen molar-refractivity contribution in [2.45, 2.75) is 34.1 Å². The Labute approximate surface area is 128 Å². The minimum absolute atomic E-state index is 0.0279. The zero-order valence-electron chi connectivity index (χ0n) is 12.6. The number of nitrogens with one attached hydrogen (secondary N) is 1. The van der Waals surface area contributed by atoms with Crippen LogP contribution in [0, 0.1) is 20.8 Å². The van der Waals surface area contributed by atoms with Gasteiger partial charge in [-0.2, -0.15) is 0 Å². The highest BCUT2D eigenvalue weighted by Gasteiger charge is 2.14. The van der Waals surface area contributed by atoms with Gasteiger partial charge in [0.2, 0.25) is 5.91 Å². The van der Waals surface area contributed by atoms with Crippen LogP contribution in [0.3, 0.4) is 0 Å². The third kappa shape index (κ3) is 3.76. The Morgan fingerprint density at radius 3 is 2.52 bits per heavy atom. The maximum atomic E-state index is 12.1. The molecule has 0 atom stereocenters. The Balaban J connectivity index is 2.08. The molecule has 1 amide bonds. The average Bonchev–Trinajstić information content (AvgIpc) is 2.74. The molecule has 1 heterocycles. The highest BCUT2D eigenvalue weighted by Crippen LogP contribution is 2.23. The molecule has 0 aliphatic heterocycles. The number of carbonyl (C=O) groups is 2. The quantitative estimate of drug-likeness (QED) is 0.880. The van der Waals surface area contributed by atoms with E-state index in [1.807, 2.05) is 26.0 Å². The Morgan fingerprint density at radius 1 is 1.24 bits per heavy atom. The maximum Gasteiger partial charge on any atom is 0.230 e. The van der Waals surface area contributed by atoms with Crippen molar-refractivity contribution in [1.82, 2.24) is 4.98 Å². The van der Waals surface area contributed by atoms with Gasteiger partial charge in [-0.3, -0.25) is 9.59 Å². The molecule has 110 valence electrons. The number of aryl methyl sites for hydroxylation is 3. The summed E-state index contributed by atoms with van der Waals surface area (Å²) in [5.74, 6) is -0.148. The van der Waals surface area contributed by atoms with Crippen molar-refractivity contribution in [3.8, 4) is 0 Å². The van der Waals surface area contributed by atoms with Gasteiger partial charge in [0.1, 0.15) is 0 Å². The van der Waals surface area contributed by atoms with Crippen LogP contribution in [-0.4, -0.2) is 16.7 Å². The molecule has 1 aromatic carbocycles. The van der Waals surface area contributed by atoms with E-state index >= 15 is 0 Å². The van der Waals surface area contributed by atoms with Crippen molar-refractivity contribution in [2.75, 3.05) is 5.32 Å². The summed E-state index contributed by atoms with van der Waals surface area (Å²) in [7, 11) is 0. The summed E-state index contributed by atoms with van der Waals surface area (Å²) in [6.07, 6.45) is 0.306. The van der Waals surface area contributed by atoms with E-state index in [-0.39, 0.29) is 11.7 Å². The van der Waals surface area contributed by atoms with E-state index in [9.17, 15) is 9.59 Å². The zero-order chi connectivity index (χ0) is 15.6. The lowest BCUT2D eigenvalue weighted by Crippen LogP contribution is -2.14. The average molecular weight is 302 g/mol. The minimum Gasteiger partial charge on any atom is -0.302 e. The normalized spacial score (nSPS) is 10.5. The van der Waals surface area contributed by atoms with E-state index in [0.717, 1.165) is 11.1 Å². The number of Topliss-reactive ketones (excluding diaryl/α,β-unsaturated/α-hetero) is 1. The number of thiazole rings is 1. The first-order chi connectivity index (χ1) is 9.86. The van der Waals surface area contributed by atoms with Gasteiger partial charge in [0.05, 0.1) is 17.0 Å². The number of hydrogen-bond donors (Lipinski definition) is 1. The second kappa shape index (κ2) is 6.18. The second-order valence-electron chi connectivity index (χ2n) is 5.14. The van der Waals surface area contributed by atoms with E-state index in [1.54, 1.807) is 6.92 Å². The Morgan fingerprint density at radius 2 is 1.95 bits per heavy atom. The highest BCUT2D eigenvalue weighted by atomic mass is 32.1. The van der Waals surface area contributed by atoms with Crippen LogP contribution in [-0.2, 0) is 11.2 Å². The Kier molecular flexibility index (Phi) is 4.53. The van der Waals surface area contributed by atoms with Crippen LogP contribution in [0.15, 0.2) is 18.2 Å². The number of aromatic nitrogens is 1. The van der Waals surface area contributed by atoms with Gasteiger partial charge in [0.15, 0.2) is 10.9 Å². The van der Waals surface area contributed by atoms with E-state index in [1.165, 1.54) is 23.8 Å². The van der Waals surface area contributed by atoms with Crippen LogP contribution < -0.4 is 5.32 Å². The number of anilines is 1. The maximum absolute atomic E-state index is 12.1. The fraction of sp³-hybridized carbons (Fsp3) is 0.312. The van der Waals surface area contributed by atoms with Crippen molar-refractivity contribution in [2.24, 2.45) is 0 Å². The number of hydrogen-bond acceptors (Lipinski definition) is 4. The van der Waals surface area contributed by atoms with Crippen molar-refractivity contribution < 1.29 is 9.59 Å². The molecule has 21 heavy (non-hydrogen) atoms. The molecule has 1 N–H and O–H groups in total. The highest BCUT2D eigenvalue weighted by molar-refractivity contribution is 7.17. The molecule has 0 saturated heterocycles. The molecule has 1 aromatic heterocycles. The molecule has 0 radical (unpaired) electrons. The Bertz CT molecular complexity index is 704. The first kappa shape index (κ1) is 15.4. The summed E-state index contributed by atoms with van der Waals surface area (Å²) in [5, 5.41) is 3.24. The predicted octanol–water partition coefficient (Wildman–Crippen LogP) is 3.45. The lowest BCUT2D eigenvalue weighted by Gasteiger charge is -2.06. The second-order valence-corrected chi connectivity index (χ2v) is 6.14. The van der Waals surface area contributed by atoms with Gasteiger partial charge >= 0.3 is 0 Å². The van der Waals surface area contributed by atoms with E-state index < -0.39 is 0 Å². The van der Waals surface area contributed by atoms with Gasteiger partial charge in [-0.05, 0) is 31.9 Å². The smallest absolute Gasteiger partial charge is 0.230 e.